The van der Waals surface area contributed by atoms with E-state index in [2.05, 4.69) is 34.7 Å². The van der Waals surface area contributed by atoms with Gasteiger partial charge in [0.15, 0.2) is 0 Å². The highest BCUT2D eigenvalue weighted by Gasteiger charge is 2.56. The van der Waals surface area contributed by atoms with E-state index >= 15 is 0 Å². The number of benzene rings is 2. The molecular formula is C23H22N4O2. The zero-order valence-electron chi connectivity index (χ0n) is 16.7. The lowest BCUT2D eigenvalue weighted by Gasteiger charge is -2.32. The van der Waals surface area contributed by atoms with Crippen LogP contribution in [0.3, 0.4) is 0 Å². The van der Waals surface area contributed by atoms with E-state index in [1.165, 1.54) is 5.56 Å². The summed E-state index contributed by atoms with van der Waals surface area (Å²) >= 11 is 0. The number of hydrogen-bond donors (Lipinski definition) is 1. The predicted molar refractivity (Wildman–Crippen MR) is 111 cm³/mol. The number of amides is 2. The number of aromatic nitrogens is 2. The molecule has 2 aromatic carbocycles. The Balaban J connectivity index is 1.67. The lowest BCUT2D eigenvalue weighted by atomic mass is 9.71. The minimum atomic E-state index is -1.01. The van der Waals surface area contributed by atoms with Crippen molar-refractivity contribution in [1.82, 2.24) is 9.78 Å². The van der Waals surface area contributed by atoms with Crippen molar-refractivity contribution >= 4 is 23.3 Å². The summed E-state index contributed by atoms with van der Waals surface area (Å²) in [6.07, 6.45) is 1.84. The van der Waals surface area contributed by atoms with E-state index in [9.17, 15) is 9.59 Å². The molecule has 0 bridgehead atoms. The minimum absolute atomic E-state index is 0.0796. The standard InChI is InChI=1S/C23H22N4O2/c1-14-4-7-16(8-5-14)13-27-21-18(12-24-27)23(11-20(28)25-21)17-10-15(2)6-9-19(17)26(3)22(23)29/h4-10,12H,11,13H2,1-3H3,(H,25,28). The van der Waals surface area contributed by atoms with Crippen molar-refractivity contribution in [1.29, 1.82) is 0 Å². The van der Waals surface area contributed by atoms with Gasteiger partial charge in [-0.15, -0.1) is 0 Å². The summed E-state index contributed by atoms with van der Waals surface area (Å²) in [6.45, 7) is 4.57. The van der Waals surface area contributed by atoms with Crippen LogP contribution in [0.2, 0.25) is 0 Å². The first kappa shape index (κ1) is 17.7. The van der Waals surface area contributed by atoms with E-state index in [1.807, 2.05) is 32.0 Å². The zero-order valence-corrected chi connectivity index (χ0v) is 16.7. The maximum atomic E-state index is 13.5. The molecule has 146 valence electrons. The molecule has 1 N–H and O–H groups in total. The average molecular weight is 386 g/mol. The van der Waals surface area contributed by atoms with Gasteiger partial charge in [0.25, 0.3) is 0 Å². The summed E-state index contributed by atoms with van der Waals surface area (Å²) in [4.78, 5) is 27.9. The number of nitrogens with one attached hydrogen (secondary N) is 1. The maximum Gasteiger partial charge on any atom is 0.242 e. The van der Waals surface area contributed by atoms with Crippen molar-refractivity contribution in [3.05, 3.63) is 76.5 Å². The summed E-state index contributed by atoms with van der Waals surface area (Å²) in [5.74, 6) is 0.362. The number of nitrogens with zero attached hydrogens (tertiary/aromatic N) is 3. The number of carbonyl (C=O) groups excluding carboxylic acids is 2. The SMILES string of the molecule is Cc1ccc(Cn2ncc3c2NC(=O)CC32C(=O)N(C)c3ccc(C)cc32)cc1. The number of aryl methyl sites for hydroxylation is 2. The molecule has 2 amide bonds. The molecule has 6 heteroatoms. The van der Waals surface area contributed by atoms with E-state index in [0.29, 0.717) is 12.4 Å². The fourth-order valence-electron chi connectivity index (χ4n) is 4.55. The number of anilines is 2. The maximum absolute atomic E-state index is 13.5. The van der Waals surface area contributed by atoms with E-state index in [0.717, 1.165) is 27.9 Å². The molecule has 3 heterocycles. The Morgan fingerprint density at radius 2 is 1.76 bits per heavy atom. The van der Waals surface area contributed by atoms with Crippen molar-refractivity contribution in [3.8, 4) is 0 Å². The Bertz CT molecular complexity index is 1160. The molecule has 29 heavy (non-hydrogen) atoms. The largest absolute Gasteiger partial charge is 0.314 e. The second kappa shape index (κ2) is 6.04. The minimum Gasteiger partial charge on any atom is -0.314 e. The van der Waals surface area contributed by atoms with Crippen molar-refractivity contribution in [2.24, 2.45) is 0 Å². The molecule has 0 radical (unpaired) electrons. The second-order valence-electron chi connectivity index (χ2n) is 8.07. The van der Waals surface area contributed by atoms with Gasteiger partial charge in [-0.2, -0.15) is 5.10 Å². The van der Waals surface area contributed by atoms with Crippen molar-refractivity contribution in [2.45, 2.75) is 32.2 Å². The van der Waals surface area contributed by atoms with Gasteiger partial charge in [-0.05, 0) is 31.0 Å². The van der Waals surface area contributed by atoms with Gasteiger partial charge in [-0.25, -0.2) is 4.68 Å². The van der Waals surface area contributed by atoms with Crippen molar-refractivity contribution in [2.75, 3.05) is 17.3 Å². The third-order valence-corrected chi connectivity index (χ3v) is 6.08. The quantitative estimate of drug-likeness (QED) is 0.736. The van der Waals surface area contributed by atoms with Crippen LogP contribution in [0.5, 0.6) is 0 Å². The number of fused-ring (bicyclic) bond motifs is 4. The molecule has 1 aromatic heterocycles. The first-order chi connectivity index (χ1) is 13.9. The third kappa shape index (κ3) is 2.45. The molecule has 1 unspecified atom stereocenters. The van der Waals surface area contributed by atoms with Gasteiger partial charge in [-0.3, -0.25) is 9.59 Å². The predicted octanol–water partition coefficient (Wildman–Crippen LogP) is 3.15. The Labute approximate surface area is 169 Å². The summed E-state index contributed by atoms with van der Waals surface area (Å²) in [5, 5.41) is 7.52. The van der Waals surface area contributed by atoms with Gasteiger partial charge >= 0.3 is 0 Å². The third-order valence-electron chi connectivity index (χ3n) is 6.08. The Morgan fingerprint density at radius 1 is 1.03 bits per heavy atom. The average Bonchev–Trinajstić information content (AvgIpc) is 3.18. The van der Waals surface area contributed by atoms with Crippen molar-refractivity contribution < 1.29 is 9.59 Å². The molecular weight excluding hydrogens is 364 g/mol. The Morgan fingerprint density at radius 3 is 2.52 bits per heavy atom. The fourth-order valence-corrected chi connectivity index (χ4v) is 4.55. The molecule has 0 fully saturated rings. The van der Waals surface area contributed by atoms with Crippen LogP contribution < -0.4 is 10.2 Å². The smallest absolute Gasteiger partial charge is 0.242 e. The van der Waals surface area contributed by atoms with Crippen LogP contribution in [0, 0.1) is 13.8 Å². The van der Waals surface area contributed by atoms with Crippen LogP contribution in [-0.4, -0.2) is 28.6 Å². The lowest BCUT2D eigenvalue weighted by Crippen LogP contribution is -2.45. The first-order valence-corrected chi connectivity index (χ1v) is 9.71. The fraction of sp³-hybridized carbons (Fsp3) is 0.261. The van der Waals surface area contributed by atoms with Gasteiger partial charge in [0, 0.05) is 24.7 Å². The zero-order chi connectivity index (χ0) is 20.3. The van der Waals surface area contributed by atoms with Gasteiger partial charge in [0.1, 0.15) is 11.2 Å². The molecule has 1 spiro atoms. The van der Waals surface area contributed by atoms with Crippen LogP contribution in [0.15, 0.2) is 48.7 Å². The number of hydrogen-bond acceptors (Lipinski definition) is 3. The highest BCUT2D eigenvalue weighted by molar-refractivity contribution is 6.15. The summed E-state index contributed by atoms with van der Waals surface area (Å²) in [6, 6.07) is 14.2. The van der Waals surface area contributed by atoms with Gasteiger partial charge < -0.3 is 10.2 Å². The van der Waals surface area contributed by atoms with E-state index in [1.54, 1.807) is 22.8 Å². The molecule has 0 saturated carbocycles. The highest BCUT2D eigenvalue weighted by atomic mass is 16.2. The number of likely N-dealkylation sites (N-methyl/N-ethyl adjacent to an activating group) is 1. The molecule has 0 saturated heterocycles. The summed E-state index contributed by atoms with van der Waals surface area (Å²) < 4.78 is 1.78. The second-order valence-corrected chi connectivity index (χ2v) is 8.07. The number of rotatable bonds is 2. The van der Waals surface area contributed by atoms with E-state index in [-0.39, 0.29) is 18.2 Å². The molecule has 2 aliphatic heterocycles. The molecule has 6 nitrogen and oxygen atoms in total. The molecule has 3 aromatic rings. The highest BCUT2D eigenvalue weighted by Crippen LogP contribution is 2.51. The first-order valence-electron chi connectivity index (χ1n) is 9.71. The topological polar surface area (TPSA) is 67.2 Å². The monoisotopic (exact) mass is 386 g/mol. The number of carbonyl (C=O) groups is 2. The lowest BCUT2D eigenvalue weighted by molar-refractivity contribution is -0.126. The van der Waals surface area contributed by atoms with Crippen LogP contribution >= 0.6 is 0 Å². The van der Waals surface area contributed by atoms with Crippen LogP contribution in [0.4, 0.5) is 11.5 Å². The molecule has 1 atom stereocenters. The van der Waals surface area contributed by atoms with E-state index < -0.39 is 5.41 Å². The van der Waals surface area contributed by atoms with Crippen LogP contribution in [-0.2, 0) is 21.5 Å². The molecule has 2 aliphatic rings. The van der Waals surface area contributed by atoms with Gasteiger partial charge in [0.05, 0.1) is 12.7 Å². The van der Waals surface area contributed by atoms with E-state index in [4.69, 9.17) is 0 Å². The van der Waals surface area contributed by atoms with Gasteiger partial charge in [0.2, 0.25) is 11.8 Å². The molecule has 0 aliphatic carbocycles. The van der Waals surface area contributed by atoms with Gasteiger partial charge in [-0.1, -0.05) is 47.5 Å². The normalized spacial score (nSPS) is 20.0. The molecule has 5 rings (SSSR count). The summed E-state index contributed by atoms with van der Waals surface area (Å²) in [5.41, 5.74) is 4.83. The van der Waals surface area contributed by atoms with Crippen LogP contribution in [0.25, 0.3) is 0 Å². The van der Waals surface area contributed by atoms with Crippen LogP contribution in [0.1, 0.15) is 34.2 Å². The summed E-state index contributed by atoms with van der Waals surface area (Å²) in [7, 11) is 1.77. The van der Waals surface area contributed by atoms with Crippen molar-refractivity contribution in [3.63, 3.8) is 0 Å². The Hall–Kier alpha value is -3.41. The Kier molecular flexibility index (Phi) is 3.68.